The molecule has 2 aromatic rings. The number of aryl methyl sites for hydroxylation is 1. The summed E-state index contributed by atoms with van der Waals surface area (Å²) in [7, 11) is -1.25. The number of benzene rings is 2. The summed E-state index contributed by atoms with van der Waals surface area (Å²) < 4.78 is 51.1. The van der Waals surface area contributed by atoms with Crippen molar-refractivity contribution in [2.45, 2.75) is 11.8 Å². The monoisotopic (exact) mass is 325 g/mol. The predicted octanol–water partition coefficient (Wildman–Crippen LogP) is 2.95. The maximum atomic E-state index is 13.8. The average Bonchev–Trinajstić information content (AvgIpc) is 2.50. The van der Waals surface area contributed by atoms with Crippen LogP contribution >= 0.6 is 0 Å². The Morgan fingerprint density at radius 2 is 1.77 bits per heavy atom. The molecule has 0 spiro atoms. The Bertz CT molecular complexity index is 790. The van der Waals surface area contributed by atoms with Crippen LogP contribution in [0.25, 0.3) is 0 Å². The van der Waals surface area contributed by atoms with Gasteiger partial charge >= 0.3 is 0 Å². The third-order valence-corrected chi connectivity index (χ3v) is 4.41. The largest absolute Gasteiger partial charge is 0.497 e. The van der Waals surface area contributed by atoms with Crippen LogP contribution in [0.4, 0.5) is 10.1 Å². The summed E-state index contributed by atoms with van der Waals surface area (Å²) in [5, 5.41) is 0. The van der Waals surface area contributed by atoms with Crippen LogP contribution in [0.15, 0.2) is 41.3 Å². The highest BCUT2D eigenvalue weighted by Gasteiger charge is 2.22. The normalized spacial score (nSPS) is 11.1. The first-order valence-electron chi connectivity index (χ1n) is 6.38. The van der Waals surface area contributed by atoms with E-state index in [0.717, 1.165) is 5.56 Å². The molecule has 0 amide bonds. The van der Waals surface area contributed by atoms with Gasteiger partial charge in [0, 0.05) is 6.07 Å². The molecule has 0 aliphatic heterocycles. The zero-order valence-electron chi connectivity index (χ0n) is 12.4. The van der Waals surface area contributed by atoms with E-state index in [9.17, 15) is 12.8 Å². The molecule has 0 aliphatic carbocycles. The van der Waals surface area contributed by atoms with Crippen molar-refractivity contribution in [3.8, 4) is 11.5 Å². The van der Waals surface area contributed by atoms with Crippen molar-refractivity contribution in [2.75, 3.05) is 18.9 Å². The Balaban J connectivity index is 2.48. The van der Waals surface area contributed by atoms with Crippen LogP contribution in [0, 0.1) is 12.7 Å². The van der Waals surface area contributed by atoms with Gasteiger partial charge in [-0.25, -0.2) is 12.8 Å². The molecular formula is C15H16FNO4S. The Kier molecular flexibility index (Phi) is 4.56. The topological polar surface area (TPSA) is 64.6 Å². The number of methoxy groups -OCH3 is 2. The summed E-state index contributed by atoms with van der Waals surface area (Å²) in [6.07, 6.45) is 0. The molecular weight excluding hydrogens is 309 g/mol. The summed E-state index contributed by atoms with van der Waals surface area (Å²) >= 11 is 0. The molecule has 2 aromatic carbocycles. The Labute approximate surface area is 128 Å². The van der Waals surface area contributed by atoms with Crippen molar-refractivity contribution < 1.29 is 22.3 Å². The molecule has 0 saturated carbocycles. The van der Waals surface area contributed by atoms with Crippen molar-refractivity contribution in [3.05, 3.63) is 47.8 Å². The summed E-state index contributed by atoms with van der Waals surface area (Å²) in [5.74, 6) is -0.164. The first kappa shape index (κ1) is 16.1. The molecule has 0 atom stereocenters. The van der Waals surface area contributed by atoms with E-state index < -0.39 is 15.8 Å². The van der Waals surface area contributed by atoms with Crippen molar-refractivity contribution in [2.24, 2.45) is 0 Å². The van der Waals surface area contributed by atoms with Crippen LogP contribution in [0.2, 0.25) is 0 Å². The van der Waals surface area contributed by atoms with Gasteiger partial charge in [0.05, 0.1) is 19.9 Å². The zero-order chi connectivity index (χ0) is 16.3. The Morgan fingerprint density at radius 3 is 2.41 bits per heavy atom. The highest BCUT2D eigenvalue weighted by Crippen LogP contribution is 2.30. The minimum absolute atomic E-state index is 0.120. The fraction of sp³-hybridized carbons (Fsp3) is 0.200. The third-order valence-electron chi connectivity index (χ3n) is 3.03. The molecule has 22 heavy (non-hydrogen) atoms. The lowest BCUT2D eigenvalue weighted by Gasteiger charge is -2.13. The van der Waals surface area contributed by atoms with Crippen LogP contribution in [-0.4, -0.2) is 22.6 Å². The SMILES string of the molecule is COc1ccc(OC)c(S(=O)(=O)Nc2cc(C)ccc2F)c1. The summed E-state index contributed by atoms with van der Waals surface area (Å²) in [6.45, 7) is 1.74. The Morgan fingerprint density at radius 1 is 1.05 bits per heavy atom. The lowest BCUT2D eigenvalue weighted by molar-refractivity contribution is 0.392. The first-order valence-corrected chi connectivity index (χ1v) is 7.86. The molecule has 0 fully saturated rings. The van der Waals surface area contributed by atoms with Gasteiger partial charge in [-0.2, -0.15) is 0 Å². The predicted molar refractivity (Wildman–Crippen MR) is 81.5 cm³/mol. The number of rotatable bonds is 5. The molecule has 2 rings (SSSR count). The fourth-order valence-corrected chi connectivity index (χ4v) is 3.15. The van der Waals surface area contributed by atoms with Gasteiger partial charge in [-0.1, -0.05) is 6.07 Å². The van der Waals surface area contributed by atoms with E-state index in [-0.39, 0.29) is 16.3 Å². The van der Waals surface area contributed by atoms with Crippen LogP contribution < -0.4 is 14.2 Å². The van der Waals surface area contributed by atoms with Crippen LogP contribution in [-0.2, 0) is 10.0 Å². The number of anilines is 1. The standard InChI is InChI=1S/C15H16FNO4S/c1-10-4-6-12(16)13(8-10)17-22(18,19)15-9-11(20-2)5-7-14(15)21-3/h4-9,17H,1-3H3. The zero-order valence-corrected chi connectivity index (χ0v) is 13.2. The minimum Gasteiger partial charge on any atom is -0.497 e. The fourth-order valence-electron chi connectivity index (χ4n) is 1.91. The van der Waals surface area contributed by atoms with Crippen molar-refractivity contribution >= 4 is 15.7 Å². The number of sulfonamides is 1. The molecule has 0 aliphatic rings. The highest BCUT2D eigenvalue weighted by atomic mass is 32.2. The highest BCUT2D eigenvalue weighted by molar-refractivity contribution is 7.92. The summed E-state index contributed by atoms with van der Waals surface area (Å²) in [6, 6.07) is 8.54. The molecule has 0 unspecified atom stereocenters. The maximum Gasteiger partial charge on any atom is 0.265 e. The van der Waals surface area contributed by atoms with E-state index in [1.807, 2.05) is 0 Å². The Hall–Kier alpha value is -2.28. The van der Waals surface area contributed by atoms with Gasteiger partial charge < -0.3 is 9.47 Å². The van der Waals surface area contributed by atoms with Crippen molar-refractivity contribution in [1.29, 1.82) is 0 Å². The molecule has 0 saturated heterocycles. The van der Waals surface area contributed by atoms with E-state index >= 15 is 0 Å². The second-order valence-corrected chi connectivity index (χ2v) is 6.26. The minimum atomic E-state index is -4.02. The number of nitrogens with one attached hydrogen (secondary N) is 1. The molecule has 7 heteroatoms. The van der Waals surface area contributed by atoms with Gasteiger partial charge in [-0.3, -0.25) is 4.72 Å². The molecule has 0 radical (unpaired) electrons. The second-order valence-electron chi connectivity index (χ2n) is 4.61. The number of hydrogen-bond donors (Lipinski definition) is 1. The molecule has 0 heterocycles. The van der Waals surface area contributed by atoms with Gasteiger partial charge in [-0.05, 0) is 36.8 Å². The van der Waals surface area contributed by atoms with E-state index in [4.69, 9.17) is 9.47 Å². The van der Waals surface area contributed by atoms with Crippen molar-refractivity contribution in [3.63, 3.8) is 0 Å². The number of ether oxygens (including phenoxy) is 2. The lowest BCUT2D eigenvalue weighted by atomic mass is 10.2. The van der Waals surface area contributed by atoms with E-state index in [1.54, 1.807) is 19.1 Å². The van der Waals surface area contributed by atoms with Gasteiger partial charge in [0.25, 0.3) is 10.0 Å². The van der Waals surface area contributed by atoms with Crippen molar-refractivity contribution in [1.82, 2.24) is 0 Å². The number of halogens is 1. The van der Waals surface area contributed by atoms with E-state index in [0.29, 0.717) is 5.75 Å². The number of hydrogen-bond acceptors (Lipinski definition) is 4. The van der Waals surface area contributed by atoms with Gasteiger partial charge in [0.2, 0.25) is 0 Å². The van der Waals surface area contributed by atoms with Crippen LogP contribution in [0.3, 0.4) is 0 Å². The first-order chi connectivity index (χ1) is 10.4. The van der Waals surface area contributed by atoms with E-state index in [1.165, 1.54) is 38.5 Å². The van der Waals surface area contributed by atoms with E-state index in [2.05, 4.69) is 4.72 Å². The van der Waals surface area contributed by atoms with Gasteiger partial charge in [0.15, 0.2) is 0 Å². The van der Waals surface area contributed by atoms with Gasteiger partial charge in [-0.15, -0.1) is 0 Å². The lowest BCUT2D eigenvalue weighted by Crippen LogP contribution is -2.15. The maximum absolute atomic E-state index is 13.8. The summed E-state index contributed by atoms with van der Waals surface area (Å²) in [4.78, 5) is -0.129. The average molecular weight is 325 g/mol. The summed E-state index contributed by atoms with van der Waals surface area (Å²) in [5.41, 5.74) is 0.613. The quantitative estimate of drug-likeness (QED) is 0.918. The smallest absolute Gasteiger partial charge is 0.265 e. The third kappa shape index (κ3) is 3.30. The molecule has 5 nitrogen and oxygen atoms in total. The van der Waals surface area contributed by atoms with Crippen LogP contribution in [0.5, 0.6) is 11.5 Å². The molecule has 0 aromatic heterocycles. The molecule has 118 valence electrons. The van der Waals surface area contributed by atoms with Gasteiger partial charge in [0.1, 0.15) is 22.2 Å². The molecule has 0 bridgehead atoms. The second kappa shape index (κ2) is 6.23. The molecule has 1 N–H and O–H groups in total. The van der Waals surface area contributed by atoms with Crippen LogP contribution in [0.1, 0.15) is 5.56 Å².